The van der Waals surface area contributed by atoms with E-state index in [1.165, 1.54) is 0 Å². The van der Waals surface area contributed by atoms with Crippen LogP contribution in [0, 0.1) is 13.8 Å². The maximum Gasteiger partial charge on any atom is 0.348 e. The monoisotopic (exact) mass is 166 g/mol. The van der Waals surface area contributed by atoms with Crippen LogP contribution < -0.4 is 5.69 Å². The second-order valence-electron chi connectivity index (χ2n) is 3.29. The van der Waals surface area contributed by atoms with Crippen molar-refractivity contribution >= 4 is 0 Å². The molecule has 0 bridgehead atoms. The zero-order chi connectivity index (χ0) is 9.30. The van der Waals surface area contributed by atoms with Crippen molar-refractivity contribution in [2.75, 3.05) is 0 Å². The summed E-state index contributed by atoms with van der Waals surface area (Å²) in [6.45, 7) is 7.75. The highest BCUT2D eigenvalue weighted by Gasteiger charge is 2.03. The lowest BCUT2D eigenvalue weighted by Gasteiger charge is -2.10. The van der Waals surface area contributed by atoms with Gasteiger partial charge in [-0.05, 0) is 33.3 Å². The second kappa shape index (κ2) is 3.09. The molecule has 12 heavy (non-hydrogen) atoms. The summed E-state index contributed by atoms with van der Waals surface area (Å²) in [6.07, 6.45) is 1.86. The Labute approximate surface area is 72.1 Å². The van der Waals surface area contributed by atoms with Crippen molar-refractivity contribution in [2.45, 2.75) is 33.7 Å². The first kappa shape index (κ1) is 8.97. The van der Waals surface area contributed by atoms with Crippen LogP contribution in [-0.2, 0) is 0 Å². The van der Waals surface area contributed by atoms with Crippen molar-refractivity contribution < 1.29 is 0 Å². The zero-order valence-electron chi connectivity index (χ0n) is 7.96. The Hall–Kier alpha value is -1.12. The number of rotatable bonds is 1. The minimum atomic E-state index is -0.159. The summed E-state index contributed by atoms with van der Waals surface area (Å²) in [5.41, 5.74) is 1.72. The van der Waals surface area contributed by atoms with E-state index >= 15 is 0 Å². The largest absolute Gasteiger partial charge is 0.348 e. The smallest absolute Gasteiger partial charge is 0.296 e. The summed E-state index contributed by atoms with van der Waals surface area (Å²) in [7, 11) is 0. The molecule has 0 atom stereocenters. The van der Waals surface area contributed by atoms with E-state index in [0.29, 0.717) is 0 Å². The fourth-order valence-electron chi connectivity index (χ4n) is 1.02. The van der Waals surface area contributed by atoms with Gasteiger partial charge in [-0.25, -0.2) is 4.79 Å². The third-order valence-electron chi connectivity index (χ3n) is 1.94. The summed E-state index contributed by atoms with van der Waals surface area (Å²) in [6, 6.07) is 0.185. The average Bonchev–Trinajstić information content (AvgIpc) is 1.96. The number of hydrogen-bond donors (Lipinski definition) is 0. The zero-order valence-corrected chi connectivity index (χ0v) is 7.96. The lowest BCUT2D eigenvalue weighted by atomic mass is 10.2. The standard InChI is InChI=1S/C9H14N2O/c1-6(2)11-5-7(3)8(4)10-9(11)12/h5-6H,1-4H3. The molecule has 1 rings (SSSR count). The maximum absolute atomic E-state index is 11.3. The van der Waals surface area contributed by atoms with Crippen LogP contribution in [0.2, 0.25) is 0 Å². The molecule has 0 aliphatic heterocycles. The molecule has 0 aliphatic rings. The van der Waals surface area contributed by atoms with E-state index in [4.69, 9.17) is 0 Å². The average molecular weight is 166 g/mol. The van der Waals surface area contributed by atoms with Gasteiger partial charge in [-0.3, -0.25) is 4.57 Å². The molecule has 0 unspecified atom stereocenters. The normalized spacial score (nSPS) is 10.8. The Balaban J connectivity index is 3.33. The van der Waals surface area contributed by atoms with Gasteiger partial charge in [-0.2, -0.15) is 4.98 Å². The molecule has 0 fully saturated rings. The van der Waals surface area contributed by atoms with Gasteiger partial charge >= 0.3 is 5.69 Å². The number of nitrogens with zero attached hydrogens (tertiary/aromatic N) is 2. The Bertz CT molecular complexity index is 339. The SMILES string of the molecule is Cc1cn(C(C)C)c(=O)nc1C. The lowest BCUT2D eigenvalue weighted by molar-refractivity contribution is 0.558. The van der Waals surface area contributed by atoms with Crippen molar-refractivity contribution in [2.24, 2.45) is 0 Å². The Morgan fingerprint density at radius 1 is 1.42 bits per heavy atom. The second-order valence-corrected chi connectivity index (χ2v) is 3.29. The molecule has 66 valence electrons. The molecule has 0 amide bonds. The van der Waals surface area contributed by atoms with Crippen LogP contribution in [0.25, 0.3) is 0 Å². The van der Waals surface area contributed by atoms with E-state index < -0.39 is 0 Å². The van der Waals surface area contributed by atoms with Crippen molar-refractivity contribution in [1.82, 2.24) is 9.55 Å². The Morgan fingerprint density at radius 2 is 2.00 bits per heavy atom. The van der Waals surface area contributed by atoms with Gasteiger partial charge in [0.2, 0.25) is 0 Å². The quantitative estimate of drug-likeness (QED) is 0.632. The van der Waals surface area contributed by atoms with Crippen LogP contribution in [0.5, 0.6) is 0 Å². The molecular formula is C9H14N2O. The van der Waals surface area contributed by atoms with E-state index in [9.17, 15) is 4.79 Å². The molecule has 0 saturated carbocycles. The first-order chi connectivity index (χ1) is 5.52. The molecule has 1 aromatic heterocycles. The van der Waals surface area contributed by atoms with E-state index in [1.807, 2.05) is 33.9 Å². The number of aryl methyl sites for hydroxylation is 2. The van der Waals surface area contributed by atoms with Gasteiger partial charge in [-0.1, -0.05) is 0 Å². The Morgan fingerprint density at radius 3 is 2.50 bits per heavy atom. The van der Waals surface area contributed by atoms with Crippen molar-refractivity contribution in [3.8, 4) is 0 Å². The van der Waals surface area contributed by atoms with Crippen LogP contribution in [0.1, 0.15) is 31.1 Å². The highest BCUT2D eigenvalue weighted by molar-refractivity contribution is 5.12. The van der Waals surface area contributed by atoms with E-state index in [2.05, 4.69) is 4.98 Å². The molecule has 0 N–H and O–H groups in total. The molecule has 1 aromatic rings. The van der Waals surface area contributed by atoms with Crippen LogP contribution in [0.3, 0.4) is 0 Å². The summed E-state index contributed by atoms with van der Waals surface area (Å²) in [5.74, 6) is 0. The lowest BCUT2D eigenvalue weighted by Crippen LogP contribution is -2.25. The van der Waals surface area contributed by atoms with E-state index in [-0.39, 0.29) is 11.7 Å². The molecule has 3 nitrogen and oxygen atoms in total. The van der Waals surface area contributed by atoms with Crippen molar-refractivity contribution in [3.63, 3.8) is 0 Å². The van der Waals surface area contributed by atoms with Crippen molar-refractivity contribution in [3.05, 3.63) is 27.9 Å². The minimum Gasteiger partial charge on any atom is -0.296 e. The predicted octanol–water partition coefficient (Wildman–Crippen LogP) is 1.44. The van der Waals surface area contributed by atoms with E-state index in [0.717, 1.165) is 11.3 Å². The topological polar surface area (TPSA) is 34.9 Å². The summed E-state index contributed by atoms with van der Waals surface area (Å²) in [4.78, 5) is 15.2. The van der Waals surface area contributed by atoms with Crippen LogP contribution in [0.15, 0.2) is 11.0 Å². The third-order valence-corrected chi connectivity index (χ3v) is 1.94. The summed E-state index contributed by atoms with van der Waals surface area (Å²) < 4.78 is 1.64. The van der Waals surface area contributed by atoms with Gasteiger partial charge in [-0.15, -0.1) is 0 Å². The van der Waals surface area contributed by atoms with Gasteiger partial charge in [0.1, 0.15) is 0 Å². The molecule has 3 heteroatoms. The molecule has 0 spiro atoms. The third kappa shape index (κ3) is 1.55. The predicted molar refractivity (Wildman–Crippen MR) is 48.4 cm³/mol. The Kier molecular flexibility index (Phi) is 2.31. The van der Waals surface area contributed by atoms with Crippen molar-refractivity contribution in [1.29, 1.82) is 0 Å². The van der Waals surface area contributed by atoms with Gasteiger partial charge in [0, 0.05) is 17.9 Å². The highest BCUT2D eigenvalue weighted by atomic mass is 16.1. The highest BCUT2D eigenvalue weighted by Crippen LogP contribution is 2.03. The number of aromatic nitrogens is 2. The summed E-state index contributed by atoms with van der Waals surface area (Å²) >= 11 is 0. The summed E-state index contributed by atoms with van der Waals surface area (Å²) in [5, 5.41) is 0. The first-order valence-electron chi connectivity index (χ1n) is 4.08. The maximum atomic E-state index is 11.3. The van der Waals surface area contributed by atoms with Crippen LogP contribution >= 0.6 is 0 Å². The van der Waals surface area contributed by atoms with Crippen LogP contribution in [0.4, 0.5) is 0 Å². The van der Waals surface area contributed by atoms with Crippen LogP contribution in [-0.4, -0.2) is 9.55 Å². The molecule has 0 aromatic carbocycles. The van der Waals surface area contributed by atoms with Gasteiger partial charge in [0.05, 0.1) is 0 Å². The molecular weight excluding hydrogens is 152 g/mol. The van der Waals surface area contributed by atoms with Gasteiger partial charge in [0.25, 0.3) is 0 Å². The molecule has 0 radical (unpaired) electrons. The number of hydrogen-bond acceptors (Lipinski definition) is 2. The van der Waals surface area contributed by atoms with Gasteiger partial charge < -0.3 is 0 Å². The molecule has 0 saturated heterocycles. The van der Waals surface area contributed by atoms with Gasteiger partial charge in [0.15, 0.2) is 0 Å². The fraction of sp³-hybridized carbons (Fsp3) is 0.556. The van der Waals surface area contributed by atoms with E-state index in [1.54, 1.807) is 4.57 Å². The molecule has 1 heterocycles. The minimum absolute atomic E-state index is 0.159. The first-order valence-corrected chi connectivity index (χ1v) is 4.08. The molecule has 0 aliphatic carbocycles. The fourth-order valence-corrected chi connectivity index (χ4v) is 1.02.